The summed E-state index contributed by atoms with van der Waals surface area (Å²) in [6.07, 6.45) is 2.88. The second-order valence-electron chi connectivity index (χ2n) is 4.05. The highest BCUT2D eigenvalue weighted by molar-refractivity contribution is 14.1. The van der Waals surface area contributed by atoms with Gasteiger partial charge < -0.3 is 15.2 Å². The Balaban J connectivity index is 2.58. The fourth-order valence-corrected chi connectivity index (χ4v) is 3.11. The maximum absolute atomic E-state index is 6.02. The lowest BCUT2D eigenvalue weighted by Gasteiger charge is -2.26. The summed E-state index contributed by atoms with van der Waals surface area (Å²) in [6, 6.07) is 2.28. The van der Waals surface area contributed by atoms with Crippen LogP contribution in [0.2, 0.25) is 0 Å². The molecule has 1 unspecified atom stereocenters. The number of fused-ring (bicyclic) bond motifs is 1. The van der Waals surface area contributed by atoms with Gasteiger partial charge in [0, 0.05) is 17.2 Å². The molecule has 1 aliphatic carbocycles. The van der Waals surface area contributed by atoms with Crippen molar-refractivity contribution in [2.24, 2.45) is 5.73 Å². The number of ether oxygens (including phenoxy) is 2. The van der Waals surface area contributed by atoms with Gasteiger partial charge in [-0.15, -0.1) is 0 Å². The molecule has 0 aliphatic heterocycles. The third kappa shape index (κ3) is 2.00. The topological polar surface area (TPSA) is 44.5 Å². The van der Waals surface area contributed by atoms with E-state index in [9.17, 15) is 0 Å². The molecule has 0 radical (unpaired) electrons. The van der Waals surface area contributed by atoms with Crippen molar-refractivity contribution in [2.75, 3.05) is 14.2 Å². The van der Waals surface area contributed by atoms with Crippen molar-refractivity contribution in [3.8, 4) is 11.5 Å². The van der Waals surface area contributed by atoms with Crippen LogP contribution < -0.4 is 15.2 Å². The average Bonchev–Trinajstić information content (AvgIpc) is 2.27. The van der Waals surface area contributed by atoms with E-state index in [1.165, 1.54) is 11.1 Å². The Labute approximate surface area is 109 Å². The second kappa shape index (κ2) is 4.79. The minimum Gasteiger partial charge on any atom is -0.496 e. The van der Waals surface area contributed by atoms with Gasteiger partial charge in [0.15, 0.2) is 0 Å². The van der Waals surface area contributed by atoms with E-state index in [1.807, 2.05) is 6.07 Å². The van der Waals surface area contributed by atoms with Gasteiger partial charge in [-0.3, -0.25) is 0 Å². The van der Waals surface area contributed by atoms with Crippen LogP contribution in [0.25, 0.3) is 0 Å². The van der Waals surface area contributed by atoms with Crippen molar-refractivity contribution in [1.29, 1.82) is 0 Å². The molecule has 88 valence electrons. The van der Waals surface area contributed by atoms with E-state index in [0.717, 1.165) is 34.3 Å². The Kier molecular flexibility index (Phi) is 3.59. The summed E-state index contributed by atoms with van der Waals surface area (Å²) in [5.41, 5.74) is 8.51. The van der Waals surface area contributed by atoms with E-state index < -0.39 is 0 Å². The molecule has 1 atom stereocenters. The largest absolute Gasteiger partial charge is 0.496 e. The van der Waals surface area contributed by atoms with Gasteiger partial charge in [-0.2, -0.15) is 0 Å². The molecule has 0 amide bonds. The molecule has 1 aromatic rings. The van der Waals surface area contributed by atoms with Crippen molar-refractivity contribution < 1.29 is 9.47 Å². The van der Waals surface area contributed by atoms with Gasteiger partial charge in [0.1, 0.15) is 11.5 Å². The lowest BCUT2D eigenvalue weighted by Crippen LogP contribution is -2.28. The number of rotatable bonds is 2. The van der Waals surface area contributed by atoms with Gasteiger partial charge >= 0.3 is 0 Å². The first-order valence-electron chi connectivity index (χ1n) is 5.35. The highest BCUT2D eigenvalue weighted by Crippen LogP contribution is 2.39. The Morgan fingerprint density at radius 3 is 2.69 bits per heavy atom. The van der Waals surface area contributed by atoms with Crippen molar-refractivity contribution in [2.45, 2.75) is 25.3 Å². The molecular formula is C12H16INO2. The summed E-state index contributed by atoms with van der Waals surface area (Å²) in [5.74, 6) is 1.93. The fraction of sp³-hybridized carbons (Fsp3) is 0.500. The van der Waals surface area contributed by atoms with Crippen LogP contribution in [0.3, 0.4) is 0 Å². The molecule has 0 fully saturated rings. The summed E-state index contributed by atoms with van der Waals surface area (Å²) in [4.78, 5) is 0. The molecule has 2 rings (SSSR count). The van der Waals surface area contributed by atoms with Crippen molar-refractivity contribution in [1.82, 2.24) is 0 Å². The first-order chi connectivity index (χ1) is 7.67. The van der Waals surface area contributed by atoms with Crippen molar-refractivity contribution in [3.63, 3.8) is 0 Å². The van der Waals surface area contributed by atoms with E-state index in [0.29, 0.717) is 0 Å². The molecule has 0 saturated carbocycles. The smallest absolute Gasteiger partial charge is 0.135 e. The minimum atomic E-state index is 0.240. The SMILES string of the molecule is COc1cc(I)c(OC)c2c1CCC(N)C2. The maximum atomic E-state index is 6.02. The third-order valence-electron chi connectivity index (χ3n) is 3.07. The number of benzene rings is 1. The summed E-state index contributed by atoms with van der Waals surface area (Å²) in [7, 11) is 3.43. The highest BCUT2D eigenvalue weighted by atomic mass is 127. The quantitative estimate of drug-likeness (QED) is 0.844. The Morgan fingerprint density at radius 2 is 2.06 bits per heavy atom. The molecule has 3 nitrogen and oxygen atoms in total. The summed E-state index contributed by atoms with van der Waals surface area (Å²) in [5, 5.41) is 0. The molecule has 0 bridgehead atoms. The molecule has 4 heteroatoms. The predicted octanol–water partition coefficient (Wildman–Crippen LogP) is 2.12. The number of methoxy groups -OCH3 is 2. The second-order valence-corrected chi connectivity index (χ2v) is 5.22. The van der Waals surface area contributed by atoms with Crippen LogP contribution in [0.4, 0.5) is 0 Å². The van der Waals surface area contributed by atoms with Gasteiger partial charge in [0.2, 0.25) is 0 Å². The molecule has 16 heavy (non-hydrogen) atoms. The standard InChI is InChI=1S/C12H16INO2/c1-15-11-6-10(13)12(16-2)9-5-7(14)3-4-8(9)11/h6-7H,3-5,14H2,1-2H3. The van der Waals surface area contributed by atoms with Crippen LogP contribution in [0.5, 0.6) is 11.5 Å². The van der Waals surface area contributed by atoms with Gasteiger partial charge in [-0.1, -0.05) is 0 Å². The average molecular weight is 333 g/mol. The van der Waals surface area contributed by atoms with Crippen molar-refractivity contribution in [3.05, 3.63) is 20.8 Å². The zero-order chi connectivity index (χ0) is 11.7. The molecule has 0 spiro atoms. The third-order valence-corrected chi connectivity index (χ3v) is 3.87. The Bertz CT molecular complexity index is 406. The molecule has 0 saturated heterocycles. The van der Waals surface area contributed by atoms with E-state index >= 15 is 0 Å². The number of halogens is 1. The van der Waals surface area contributed by atoms with Crippen LogP contribution in [0, 0.1) is 3.57 Å². The molecule has 1 aromatic carbocycles. The monoisotopic (exact) mass is 333 g/mol. The first-order valence-corrected chi connectivity index (χ1v) is 6.43. The Hall–Kier alpha value is -0.490. The molecular weight excluding hydrogens is 317 g/mol. The maximum Gasteiger partial charge on any atom is 0.135 e. The number of nitrogens with two attached hydrogens (primary N) is 1. The molecule has 0 aromatic heterocycles. The van der Waals surface area contributed by atoms with Crippen LogP contribution in [0.15, 0.2) is 6.07 Å². The van der Waals surface area contributed by atoms with E-state index in [-0.39, 0.29) is 6.04 Å². The predicted molar refractivity (Wildman–Crippen MR) is 72.3 cm³/mol. The van der Waals surface area contributed by atoms with Crippen LogP contribution in [-0.4, -0.2) is 20.3 Å². The lowest BCUT2D eigenvalue weighted by molar-refractivity contribution is 0.383. The van der Waals surface area contributed by atoms with E-state index in [2.05, 4.69) is 22.6 Å². The summed E-state index contributed by atoms with van der Waals surface area (Å²) in [6.45, 7) is 0. The van der Waals surface area contributed by atoms with Crippen molar-refractivity contribution >= 4 is 22.6 Å². The van der Waals surface area contributed by atoms with Gasteiger partial charge in [0.05, 0.1) is 17.8 Å². The molecule has 2 N–H and O–H groups in total. The van der Waals surface area contributed by atoms with Gasteiger partial charge in [-0.05, 0) is 47.9 Å². The zero-order valence-corrected chi connectivity index (χ0v) is 11.7. The first kappa shape index (κ1) is 12.0. The minimum absolute atomic E-state index is 0.240. The van der Waals surface area contributed by atoms with Crippen LogP contribution in [-0.2, 0) is 12.8 Å². The molecule has 1 aliphatic rings. The van der Waals surface area contributed by atoms with Crippen LogP contribution in [0.1, 0.15) is 17.5 Å². The Morgan fingerprint density at radius 1 is 1.31 bits per heavy atom. The summed E-state index contributed by atoms with van der Waals surface area (Å²) < 4.78 is 12.0. The molecule has 0 heterocycles. The number of hydrogen-bond donors (Lipinski definition) is 1. The fourth-order valence-electron chi connectivity index (χ4n) is 2.28. The van der Waals surface area contributed by atoms with E-state index in [1.54, 1.807) is 14.2 Å². The zero-order valence-electron chi connectivity index (χ0n) is 9.55. The summed E-state index contributed by atoms with van der Waals surface area (Å²) >= 11 is 2.28. The van der Waals surface area contributed by atoms with Crippen LogP contribution >= 0.6 is 22.6 Å². The number of hydrogen-bond acceptors (Lipinski definition) is 3. The van der Waals surface area contributed by atoms with Gasteiger partial charge in [-0.25, -0.2) is 0 Å². The van der Waals surface area contributed by atoms with E-state index in [4.69, 9.17) is 15.2 Å². The lowest BCUT2D eigenvalue weighted by atomic mass is 9.87. The highest BCUT2D eigenvalue weighted by Gasteiger charge is 2.24. The van der Waals surface area contributed by atoms with Gasteiger partial charge in [0.25, 0.3) is 0 Å². The normalized spacial score (nSPS) is 19.1.